The van der Waals surface area contributed by atoms with Gasteiger partial charge in [-0.1, -0.05) is 16.3 Å². The zero-order valence-corrected chi connectivity index (χ0v) is 7.66. The lowest BCUT2D eigenvalue weighted by atomic mass is 9.91. The van der Waals surface area contributed by atoms with Gasteiger partial charge in [-0.2, -0.15) is 0 Å². The number of rotatable bonds is 1. The van der Waals surface area contributed by atoms with Gasteiger partial charge in [0, 0.05) is 6.54 Å². The van der Waals surface area contributed by atoms with E-state index in [1.54, 1.807) is 0 Å². The molecule has 3 atom stereocenters. The molecule has 0 aromatic carbocycles. The molecule has 1 aliphatic rings. The van der Waals surface area contributed by atoms with Crippen LogP contribution in [0.2, 0.25) is 0 Å². The summed E-state index contributed by atoms with van der Waals surface area (Å²) in [5.41, 5.74) is -0.231. The van der Waals surface area contributed by atoms with Crippen molar-refractivity contribution in [3.8, 4) is 0 Å². The highest BCUT2D eigenvalue weighted by molar-refractivity contribution is 7.13. The van der Waals surface area contributed by atoms with Crippen molar-refractivity contribution in [3.63, 3.8) is 0 Å². The Balaban J connectivity index is 2.79. The van der Waals surface area contributed by atoms with Gasteiger partial charge in [0.2, 0.25) is 0 Å². The van der Waals surface area contributed by atoms with Gasteiger partial charge in [0.05, 0.1) is 5.54 Å². The molecule has 0 aromatic heterocycles. The highest BCUT2D eigenvalue weighted by Crippen LogP contribution is 2.34. The molecule has 1 aliphatic heterocycles. The first-order valence-corrected chi connectivity index (χ1v) is 4.11. The molecule has 0 radical (unpaired) electrons. The van der Waals surface area contributed by atoms with E-state index in [4.69, 9.17) is 0 Å². The van der Waals surface area contributed by atoms with Crippen LogP contribution < -0.4 is 0 Å². The summed E-state index contributed by atoms with van der Waals surface area (Å²) in [5.74, 6) is 0.488. The Morgan fingerprint density at radius 3 is 2.60 bits per heavy atom. The van der Waals surface area contributed by atoms with Crippen molar-refractivity contribution in [1.29, 1.82) is 0 Å². The highest BCUT2D eigenvalue weighted by atomic mass is 31.0. The maximum absolute atomic E-state index is 10.7. The van der Waals surface area contributed by atoms with Crippen LogP contribution in [0.1, 0.15) is 20.3 Å². The third-order valence-electron chi connectivity index (χ3n) is 2.66. The van der Waals surface area contributed by atoms with Crippen LogP contribution in [0.25, 0.3) is 0 Å². The molecule has 0 aromatic rings. The van der Waals surface area contributed by atoms with Gasteiger partial charge in [-0.15, -0.1) is 0 Å². The van der Waals surface area contributed by atoms with Crippen LogP contribution >= 0.6 is 9.39 Å². The van der Waals surface area contributed by atoms with E-state index in [1.165, 1.54) is 0 Å². The quantitative estimate of drug-likeness (QED) is 0.421. The second kappa shape index (κ2) is 2.60. The van der Waals surface area contributed by atoms with E-state index >= 15 is 0 Å². The van der Waals surface area contributed by atoms with Crippen LogP contribution in [0.5, 0.6) is 0 Å². The molecule has 3 heteroatoms. The predicted octanol–water partition coefficient (Wildman–Crippen LogP) is 1.08. The summed E-state index contributed by atoms with van der Waals surface area (Å²) >= 11 is 0. The maximum atomic E-state index is 10.7. The lowest BCUT2D eigenvalue weighted by molar-refractivity contribution is -0.115. The molecular formula is C7H14NOP. The van der Waals surface area contributed by atoms with Crippen LogP contribution in [0.15, 0.2) is 0 Å². The predicted molar refractivity (Wildman–Crippen MR) is 44.7 cm³/mol. The van der Waals surface area contributed by atoms with Crippen LogP contribution in [0.3, 0.4) is 0 Å². The summed E-state index contributed by atoms with van der Waals surface area (Å²) in [5, 5.41) is 0. The van der Waals surface area contributed by atoms with Gasteiger partial charge in [-0.3, -0.25) is 4.67 Å². The molecule has 2 nitrogen and oxygen atoms in total. The SMILES string of the molecule is CC1CCN(P)C1(C)C=O. The molecule has 1 heterocycles. The first-order chi connectivity index (χ1) is 4.61. The summed E-state index contributed by atoms with van der Waals surface area (Å²) in [6.45, 7) is 5.13. The molecule has 1 saturated heterocycles. The number of aldehydes is 1. The number of carbonyl (C=O) groups excluding carboxylic acids is 1. The summed E-state index contributed by atoms with van der Waals surface area (Å²) in [4.78, 5) is 10.7. The van der Waals surface area contributed by atoms with Crippen LogP contribution in [0.4, 0.5) is 0 Å². The first kappa shape index (κ1) is 8.16. The second-order valence-corrected chi connectivity index (χ2v) is 3.85. The fraction of sp³-hybridized carbons (Fsp3) is 0.857. The number of carbonyl (C=O) groups is 1. The molecule has 3 unspecified atom stereocenters. The van der Waals surface area contributed by atoms with Crippen molar-refractivity contribution < 1.29 is 4.79 Å². The van der Waals surface area contributed by atoms with Gasteiger partial charge in [-0.25, -0.2) is 0 Å². The third kappa shape index (κ3) is 0.998. The summed E-state index contributed by atoms with van der Waals surface area (Å²) in [7, 11) is 2.61. The van der Waals surface area contributed by atoms with E-state index in [-0.39, 0.29) is 5.54 Å². The highest BCUT2D eigenvalue weighted by Gasteiger charge is 2.40. The fourth-order valence-corrected chi connectivity index (χ4v) is 1.80. The standard InChI is InChI=1S/C7H14NOP/c1-6-3-4-8(10)7(6,2)5-9/h5-6H,3-4,10H2,1-2H3. The maximum Gasteiger partial charge on any atom is 0.140 e. The zero-order chi connectivity index (χ0) is 7.78. The Kier molecular flexibility index (Phi) is 2.12. The van der Waals surface area contributed by atoms with Gasteiger partial charge >= 0.3 is 0 Å². The lowest BCUT2D eigenvalue weighted by Crippen LogP contribution is -2.40. The molecular weight excluding hydrogens is 145 g/mol. The Hall–Kier alpha value is 0.0600. The minimum atomic E-state index is -0.231. The van der Waals surface area contributed by atoms with Gasteiger partial charge in [0.25, 0.3) is 0 Å². The molecule has 58 valence electrons. The molecule has 1 rings (SSSR count). The Morgan fingerprint density at radius 1 is 1.80 bits per heavy atom. The Labute approximate surface area is 64.2 Å². The third-order valence-corrected chi connectivity index (χ3v) is 3.47. The molecule has 0 spiro atoms. The van der Waals surface area contributed by atoms with Gasteiger partial charge < -0.3 is 4.79 Å². The van der Waals surface area contributed by atoms with Gasteiger partial charge in [-0.05, 0) is 19.3 Å². The Morgan fingerprint density at radius 2 is 2.40 bits per heavy atom. The van der Waals surface area contributed by atoms with Crippen LogP contribution in [-0.4, -0.2) is 23.0 Å². The van der Waals surface area contributed by atoms with Gasteiger partial charge in [0.15, 0.2) is 0 Å². The summed E-state index contributed by atoms with van der Waals surface area (Å²) < 4.78 is 2.05. The minimum absolute atomic E-state index is 0.231. The summed E-state index contributed by atoms with van der Waals surface area (Å²) in [6.07, 6.45) is 2.18. The van der Waals surface area contributed by atoms with Gasteiger partial charge in [0.1, 0.15) is 6.29 Å². The minimum Gasteiger partial charge on any atom is -0.301 e. The average Bonchev–Trinajstić information content (AvgIpc) is 2.18. The van der Waals surface area contributed by atoms with Crippen molar-refractivity contribution >= 4 is 15.7 Å². The zero-order valence-electron chi connectivity index (χ0n) is 6.50. The lowest BCUT2D eigenvalue weighted by Gasteiger charge is -2.29. The average molecular weight is 159 g/mol. The number of nitrogens with zero attached hydrogens (tertiary/aromatic N) is 1. The topological polar surface area (TPSA) is 20.3 Å². The van der Waals surface area contributed by atoms with Crippen molar-refractivity contribution in [2.45, 2.75) is 25.8 Å². The van der Waals surface area contributed by atoms with Crippen molar-refractivity contribution in [2.75, 3.05) is 6.54 Å². The number of hydrogen-bond donors (Lipinski definition) is 0. The van der Waals surface area contributed by atoms with E-state index < -0.39 is 0 Å². The summed E-state index contributed by atoms with van der Waals surface area (Å²) in [6, 6.07) is 0. The van der Waals surface area contributed by atoms with E-state index in [1.807, 2.05) is 11.6 Å². The molecule has 1 fully saturated rings. The fourth-order valence-electron chi connectivity index (χ4n) is 1.33. The van der Waals surface area contributed by atoms with Crippen molar-refractivity contribution in [1.82, 2.24) is 4.67 Å². The Bertz CT molecular complexity index is 139. The smallest absolute Gasteiger partial charge is 0.140 e. The molecule has 0 bridgehead atoms. The molecule has 10 heavy (non-hydrogen) atoms. The number of hydrogen-bond acceptors (Lipinski definition) is 2. The van der Waals surface area contributed by atoms with E-state index in [0.717, 1.165) is 19.3 Å². The molecule has 0 aliphatic carbocycles. The van der Waals surface area contributed by atoms with Crippen LogP contribution in [0, 0.1) is 5.92 Å². The second-order valence-electron chi connectivity index (χ2n) is 3.23. The van der Waals surface area contributed by atoms with E-state index in [2.05, 4.69) is 16.3 Å². The first-order valence-electron chi connectivity index (χ1n) is 3.60. The molecule has 0 saturated carbocycles. The van der Waals surface area contributed by atoms with Crippen LogP contribution in [-0.2, 0) is 4.79 Å². The van der Waals surface area contributed by atoms with Crippen molar-refractivity contribution in [2.24, 2.45) is 5.92 Å². The normalized spacial score (nSPS) is 42.1. The largest absolute Gasteiger partial charge is 0.301 e. The molecule has 0 N–H and O–H groups in total. The van der Waals surface area contributed by atoms with E-state index in [9.17, 15) is 4.79 Å². The van der Waals surface area contributed by atoms with Crippen molar-refractivity contribution in [3.05, 3.63) is 0 Å². The van der Waals surface area contributed by atoms with E-state index in [0.29, 0.717) is 5.92 Å². The molecule has 0 amide bonds. The monoisotopic (exact) mass is 159 g/mol.